The molecule has 3 heteroatoms. The summed E-state index contributed by atoms with van der Waals surface area (Å²) in [6.07, 6.45) is 3.71. The van der Waals surface area contributed by atoms with Gasteiger partial charge >= 0.3 is 0 Å². The van der Waals surface area contributed by atoms with Crippen LogP contribution in [0.3, 0.4) is 0 Å². The number of likely N-dealkylation sites (tertiary alicyclic amines) is 1. The van der Waals surface area contributed by atoms with Gasteiger partial charge in [-0.3, -0.25) is 4.79 Å². The first-order valence-electron chi connectivity index (χ1n) is 7.67. The summed E-state index contributed by atoms with van der Waals surface area (Å²) in [4.78, 5) is 13.8. The van der Waals surface area contributed by atoms with Crippen molar-refractivity contribution in [2.75, 3.05) is 19.7 Å². The molecule has 0 N–H and O–H groups in total. The van der Waals surface area contributed by atoms with E-state index in [9.17, 15) is 4.79 Å². The van der Waals surface area contributed by atoms with Crippen molar-refractivity contribution in [1.29, 1.82) is 0 Å². The van der Waals surface area contributed by atoms with Crippen LogP contribution in [0, 0.1) is 0 Å². The molecule has 1 aromatic rings. The van der Waals surface area contributed by atoms with Crippen LogP contribution in [-0.4, -0.2) is 30.5 Å². The first-order valence-corrected chi connectivity index (χ1v) is 7.67. The van der Waals surface area contributed by atoms with Crippen LogP contribution in [0.4, 0.5) is 0 Å². The number of amides is 1. The Morgan fingerprint density at radius 3 is 2.45 bits per heavy atom. The summed E-state index contributed by atoms with van der Waals surface area (Å²) in [5.74, 6) is 1.71. The largest absolute Gasteiger partial charge is 0.494 e. The van der Waals surface area contributed by atoms with Crippen LogP contribution in [0.1, 0.15) is 51.0 Å². The monoisotopic (exact) mass is 275 g/mol. The molecule has 1 aromatic carbocycles. The lowest BCUT2D eigenvalue weighted by Crippen LogP contribution is -2.27. The molecule has 0 atom stereocenters. The molecule has 0 bridgehead atoms. The molecule has 1 saturated heterocycles. The number of hydrogen-bond donors (Lipinski definition) is 0. The second kappa shape index (κ2) is 7.32. The summed E-state index contributed by atoms with van der Waals surface area (Å²) in [6.45, 7) is 6.85. The number of ether oxygens (including phenoxy) is 1. The molecule has 0 spiro atoms. The van der Waals surface area contributed by atoms with E-state index in [2.05, 4.69) is 26.0 Å². The second-order valence-electron chi connectivity index (χ2n) is 5.76. The van der Waals surface area contributed by atoms with Crippen molar-refractivity contribution in [2.24, 2.45) is 0 Å². The molecule has 1 aliphatic rings. The molecule has 1 heterocycles. The highest BCUT2D eigenvalue weighted by atomic mass is 16.5. The third kappa shape index (κ3) is 4.26. The predicted octanol–water partition coefficient (Wildman–Crippen LogP) is 3.59. The highest BCUT2D eigenvalue weighted by Crippen LogP contribution is 2.18. The molecule has 0 aromatic heterocycles. The molecule has 0 radical (unpaired) electrons. The van der Waals surface area contributed by atoms with Gasteiger partial charge in [0.15, 0.2) is 0 Å². The van der Waals surface area contributed by atoms with E-state index in [-0.39, 0.29) is 5.91 Å². The zero-order chi connectivity index (χ0) is 14.4. The summed E-state index contributed by atoms with van der Waals surface area (Å²) < 4.78 is 5.68. The lowest BCUT2D eigenvalue weighted by molar-refractivity contribution is -0.130. The average molecular weight is 275 g/mol. The smallest absolute Gasteiger partial charge is 0.222 e. The Balaban J connectivity index is 1.66. The molecular formula is C17H25NO2. The van der Waals surface area contributed by atoms with Gasteiger partial charge in [0.1, 0.15) is 5.75 Å². The fraction of sp³-hybridized carbons (Fsp3) is 0.588. The van der Waals surface area contributed by atoms with E-state index in [4.69, 9.17) is 4.74 Å². The first-order chi connectivity index (χ1) is 9.66. The minimum atomic E-state index is 0.279. The van der Waals surface area contributed by atoms with Gasteiger partial charge in [0.2, 0.25) is 5.91 Å². The second-order valence-corrected chi connectivity index (χ2v) is 5.76. The Bertz CT molecular complexity index is 419. The summed E-state index contributed by atoms with van der Waals surface area (Å²) in [7, 11) is 0. The average Bonchev–Trinajstić information content (AvgIpc) is 2.98. The molecule has 1 amide bonds. The van der Waals surface area contributed by atoms with E-state index < -0.39 is 0 Å². The van der Waals surface area contributed by atoms with Gasteiger partial charge in [-0.05, 0) is 42.9 Å². The van der Waals surface area contributed by atoms with E-state index in [0.29, 0.717) is 18.9 Å². The number of hydrogen-bond acceptors (Lipinski definition) is 2. The van der Waals surface area contributed by atoms with Crippen LogP contribution in [0.5, 0.6) is 5.75 Å². The summed E-state index contributed by atoms with van der Waals surface area (Å²) in [6, 6.07) is 8.24. The zero-order valence-electron chi connectivity index (χ0n) is 12.6. The quantitative estimate of drug-likeness (QED) is 0.742. The number of carbonyl (C=O) groups is 1. The Morgan fingerprint density at radius 1 is 1.20 bits per heavy atom. The molecule has 3 nitrogen and oxygen atoms in total. The number of rotatable bonds is 6. The number of benzene rings is 1. The minimum Gasteiger partial charge on any atom is -0.494 e. The molecule has 20 heavy (non-hydrogen) atoms. The van der Waals surface area contributed by atoms with Gasteiger partial charge < -0.3 is 9.64 Å². The first kappa shape index (κ1) is 14.9. The van der Waals surface area contributed by atoms with E-state index in [0.717, 1.165) is 38.1 Å². The standard InChI is InChI=1S/C17H25NO2/c1-14(2)15-7-9-16(10-8-15)20-13-5-6-17(19)18-11-3-4-12-18/h7-10,14H,3-6,11-13H2,1-2H3. The molecular weight excluding hydrogens is 250 g/mol. The Hall–Kier alpha value is -1.51. The van der Waals surface area contributed by atoms with Crippen LogP contribution >= 0.6 is 0 Å². The van der Waals surface area contributed by atoms with E-state index in [1.807, 2.05) is 17.0 Å². The van der Waals surface area contributed by atoms with Crippen molar-refractivity contribution in [2.45, 2.75) is 45.4 Å². The van der Waals surface area contributed by atoms with Crippen LogP contribution in [0.2, 0.25) is 0 Å². The van der Waals surface area contributed by atoms with Crippen molar-refractivity contribution in [3.63, 3.8) is 0 Å². The minimum absolute atomic E-state index is 0.279. The highest BCUT2D eigenvalue weighted by molar-refractivity contribution is 5.76. The Morgan fingerprint density at radius 2 is 1.85 bits per heavy atom. The van der Waals surface area contributed by atoms with Gasteiger partial charge in [-0.2, -0.15) is 0 Å². The molecule has 1 aliphatic heterocycles. The van der Waals surface area contributed by atoms with E-state index in [1.54, 1.807) is 0 Å². The fourth-order valence-corrected chi connectivity index (χ4v) is 2.49. The Kier molecular flexibility index (Phi) is 5.45. The normalized spacial score (nSPS) is 14.8. The predicted molar refractivity (Wildman–Crippen MR) is 81.1 cm³/mol. The summed E-state index contributed by atoms with van der Waals surface area (Å²) in [5, 5.41) is 0. The third-order valence-corrected chi connectivity index (χ3v) is 3.81. The van der Waals surface area contributed by atoms with Crippen LogP contribution in [0.25, 0.3) is 0 Å². The lowest BCUT2D eigenvalue weighted by Gasteiger charge is -2.15. The van der Waals surface area contributed by atoms with E-state index >= 15 is 0 Å². The third-order valence-electron chi connectivity index (χ3n) is 3.81. The van der Waals surface area contributed by atoms with Crippen molar-refractivity contribution < 1.29 is 9.53 Å². The van der Waals surface area contributed by atoms with Crippen molar-refractivity contribution in [1.82, 2.24) is 4.90 Å². The molecule has 0 saturated carbocycles. The number of nitrogens with zero attached hydrogens (tertiary/aromatic N) is 1. The van der Waals surface area contributed by atoms with Gasteiger partial charge in [0, 0.05) is 19.5 Å². The van der Waals surface area contributed by atoms with Crippen LogP contribution in [0.15, 0.2) is 24.3 Å². The molecule has 0 unspecified atom stereocenters. The van der Waals surface area contributed by atoms with Crippen molar-refractivity contribution >= 4 is 5.91 Å². The maximum absolute atomic E-state index is 11.8. The van der Waals surface area contributed by atoms with Crippen molar-refractivity contribution in [3.05, 3.63) is 29.8 Å². The van der Waals surface area contributed by atoms with Crippen LogP contribution in [-0.2, 0) is 4.79 Å². The fourth-order valence-electron chi connectivity index (χ4n) is 2.49. The highest BCUT2D eigenvalue weighted by Gasteiger charge is 2.16. The van der Waals surface area contributed by atoms with Crippen molar-refractivity contribution in [3.8, 4) is 5.75 Å². The van der Waals surface area contributed by atoms with Gasteiger partial charge in [0.05, 0.1) is 6.61 Å². The summed E-state index contributed by atoms with van der Waals surface area (Å²) in [5.41, 5.74) is 1.32. The maximum Gasteiger partial charge on any atom is 0.222 e. The zero-order valence-corrected chi connectivity index (χ0v) is 12.6. The number of carbonyl (C=O) groups excluding carboxylic acids is 1. The van der Waals surface area contributed by atoms with Gasteiger partial charge in [-0.25, -0.2) is 0 Å². The van der Waals surface area contributed by atoms with Gasteiger partial charge in [-0.15, -0.1) is 0 Å². The summed E-state index contributed by atoms with van der Waals surface area (Å²) >= 11 is 0. The molecule has 1 fully saturated rings. The Labute approximate surface area is 121 Å². The molecule has 110 valence electrons. The van der Waals surface area contributed by atoms with Crippen LogP contribution < -0.4 is 4.74 Å². The van der Waals surface area contributed by atoms with Gasteiger partial charge in [0.25, 0.3) is 0 Å². The lowest BCUT2D eigenvalue weighted by atomic mass is 10.0. The topological polar surface area (TPSA) is 29.5 Å². The molecule has 0 aliphatic carbocycles. The van der Waals surface area contributed by atoms with Gasteiger partial charge in [-0.1, -0.05) is 26.0 Å². The van der Waals surface area contributed by atoms with E-state index in [1.165, 1.54) is 5.56 Å². The SMILES string of the molecule is CC(C)c1ccc(OCCCC(=O)N2CCCC2)cc1. The molecule has 2 rings (SSSR count). The maximum atomic E-state index is 11.8.